The van der Waals surface area contributed by atoms with Crippen molar-refractivity contribution < 1.29 is 9.53 Å². The number of ether oxygens (including phenoxy) is 1. The van der Waals surface area contributed by atoms with Gasteiger partial charge in [-0.1, -0.05) is 15.9 Å². The molecule has 0 unspecified atom stereocenters. The molecule has 3 rings (SSSR count). The minimum atomic E-state index is -0.354. The maximum Gasteiger partial charge on any atom is 0.357 e. The maximum atomic E-state index is 11.7. The van der Waals surface area contributed by atoms with Gasteiger partial charge in [-0.05, 0) is 43.5 Å². The first kappa shape index (κ1) is 14.5. The summed E-state index contributed by atoms with van der Waals surface area (Å²) >= 11 is 4.99. The highest BCUT2D eigenvalue weighted by Gasteiger charge is 2.22. The number of fused-ring (bicyclic) bond motifs is 1. The Morgan fingerprint density at radius 2 is 2.38 bits per heavy atom. The van der Waals surface area contributed by atoms with Crippen LogP contribution in [0.15, 0.2) is 28.1 Å². The number of aromatic nitrogens is 1. The fraction of sp³-hybridized carbons (Fsp3) is 0.333. The number of benzene rings is 1. The van der Waals surface area contributed by atoms with Crippen LogP contribution in [0, 0.1) is 0 Å². The van der Waals surface area contributed by atoms with E-state index in [4.69, 9.17) is 4.74 Å². The van der Waals surface area contributed by atoms with E-state index in [1.165, 1.54) is 22.6 Å². The summed E-state index contributed by atoms with van der Waals surface area (Å²) < 4.78 is 6.09. The Morgan fingerprint density at radius 1 is 1.52 bits per heavy atom. The van der Waals surface area contributed by atoms with Crippen molar-refractivity contribution in [2.75, 3.05) is 18.1 Å². The number of rotatable bonds is 3. The van der Waals surface area contributed by atoms with Crippen LogP contribution < -0.4 is 4.90 Å². The molecule has 1 aromatic carbocycles. The van der Waals surface area contributed by atoms with Crippen molar-refractivity contribution in [3.8, 4) is 0 Å². The zero-order valence-corrected chi connectivity index (χ0v) is 14.0. The van der Waals surface area contributed by atoms with E-state index in [1.54, 1.807) is 12.3 Å². The molecule has 0 aliphatic carbocycles. The zero-order valence-electron chi connectivity index (χ0n) is 11.6. The average Bonchev–Trinajstić information content (AvgIpc) is 2.96. The number of esters is 1. The fourth-order valence-corrected chi connectivity index (χ4v) is 3.69. The van der Waals surface area contributed by atoms with Gasteiger partial charge in [0.25, 0.3) is 0 Å². The molecule has 21 heavy (non-hydrogen) atoms. The molecule has 1 aromatic heterocycles. The van der Waals surface area contributed by atoms with Gasteiger partial charge in [0.05, 0.1) is 6.61 Å². The average molecular weight is 367 g/mol. The van der Waals surface area contributed by atoms with E-state index in [-0.39, 0.29) is 5.97 Å². The molecule has 0 saturated heterocycles. The molecule has 0 spiro atoms. The van der Waals surface area contributed by atoms with Gasteiger partial charge in [-0.25, -0.2) is 9.78 Å². The third kappa shape index (κ3) is 2.96. The summed E-state index contributed by atoms with van der Waals surface area (Å²) in [6, 6.07) is 6.29. The van der Waals surface area contributed by atoms with E-state index in [0.717, 1.165) is 29.0 Å². The number of anilines is 2. The number of nitrogens with zero attached hydrogens (tertiary/aromatic N) is 2. The lowest BCUT2D eigenvalue weighted by Gasteiger charge is -2.29. The lowest BCUT2D eigenvalue weighted by atomic mass is 10.0. The van der Waals surface area contributed by atoms with E-state index in [2.05, 4.69) is 37.9 Å². The van der Waals surface area contributed by atoms with Crippen molar-refractivity contribution in [2.45, 2.75) is 19.8 Å². The number of carbonyl (C=O) groups is 1. The minimum absolute atomic E-state index is 0.354. The van der Waals surface area contributed by atoms with E-state index >= 15 is 0 Å². The molecule has 0 amide bonds. The second kappa shape index (κ2) is 6.15. The molecular formula is C15H15BrN2O2S. The van der Waals surface area contributed by atoms with Crippen LogP contribution in [0.5, 0.6) is 0 Å². The smallest absolute Gasteiger partial charge is 0.357 e. The Kier molecular flexibility index (Phi) is 4.26. The van der Waals surface area contributed by atoms with Crippen LogP contribution in [0.25, 0.3) is 0 Å². The number of halogens is 1. The molecule has 4 nitrogen and oxygen atoms in total. The molecule has 6 heteroatoms. The van der Waals surface area contributed by atoms with Crippen molar-refractivity contribution in [1.82, 2.24) is 4.98 Å². The largest absolute Gasteiger partial charge is 0.461 e. The number of aryl methyl sites for hydroxylation is 1. The molecule has 1 aliphatic heterocycles. The van der Waals surface area contributed by atoms with Gasteiger partial charge in [-0.15, -0.1) is 11.3 Å². The quantitative estimate of drug-likeness (QED) is 0.764. The number of carbonyl (C=O) groups excluding carboxylic acids is 1. The molecule has 0 atom stereocenters. The first-order valence-electron chi connectivity index (χ1n) is 6.87. The Balaban J connectivity index is 1.90. The summed E-state index contributed by atoms with van der Waals surface area (Å²) in [5.74, 6) is -0.354. The molecule has 1 aliphatic rings. The van der Waals surface area contributed by atoms with Gasteiger partial charge in [0.2, 0.25) is 0 Å². The molecule has 0 bridgehead atoms. The maximum absolute atomic E-state index is 11.7. The van der Waals surface area contributed by atoms with Gasteiger partial charge in [-0.2, -0.15) is 0 Å². The van der Waals surface area contributed by atoms with Crippen molar-refractivity contribution in [3.63, 3.8) is 0 Å². The predicted molar refractivity (Wildman–Crippen MR) is 87.5 cm³/mol. The summed E-state index contributed by atoms with van der Waals surface area (Å²) in [5.41, 5.74) is 2.87. The Hall–Kier alpha value is -1.40. The van der Waals surface area contributed by atoms with Crippen molar-refractivity contribution in [1.29, 1.82) is 0 Å². The van der Waals surface area contributed by atoms with Gasteiger partial charge in [0.15, 0.2) is 10.8 Å². The number of hydrogen-bond acceptors (Lipinski definition) is 5. The van der Waals surface area contributed by atoms with Crippen LogP contribution in [0.4, 0.5) is 10.8 Å². The predicted octanol–water partition coefficient (Wildman–Crippen LogP) is 4.17. The van der Waals surface area contributed by atoms with Crippen LogP contribution in [0.1, 0.15) is 29.4 Å². The number of thiazole rings is 1. The van der Waals surface area contributed by atoms with E-state index in [9.17, 15) is 4.79 Å². The first-order chi connectivity index (χ1) is 10.2. The Morgan fingerprint density at radius 3 is 3.19 bits per heavy atom. The highest BCUT2D eigenvalue weighted by molar-refractivity contribution is 9.10. The van der Waals surface area contributed by atoms with Crippen LogP contribution in [0.2, 0.25) is 0 Å². The topological polar surface area (TPSA) is 42.4 Å². The SMILES string of the molecule is CCOC(=O)c1csc(N2CCCc3cc(Br)ccc32)n1. The van der Waals surface area contributed by atoms with Crippen LogP contribution in [0.3, 0.4) is 0 Å². The molecule has 0 saturated carbocycles. The summed E-state index contributed by atoms with van der Waals surface area (Å²) in [6.07, 6.45) is 2.15. The van der Waals surface area contributed by atoms with Crippen molar-refractivity contribution in [3.05, 3.63) is 39.3 Å². The second-order valence-electron chi connectivity index (χ2n) is 4.76. The molecular weight excluding hydrogens is 352 g/mol. The third-order valence-corrected chi connectivity index (χ3v) is 4.72. The molecule has 0 fully saturated rings. The van der Waals surface area contributed by atoms with Gasteiger partial charge in [0.1, 0.15) is 0 Å². The van der Waals surface area contributed by atoms with Crippen molar-refractivity contribution in [2.24, 2.45) is 0 Å². The summed E-state index contributed by atoms with van der Waals surface area (Å²) in [5, 5.41) is 2.61. The normalized spacial score (nSPS) is 13.9. The minimum Gasteiger partial charge on any atom is -0.461 e. The highest BCUT2D eigenvalue weighted by Crippen LogP contribution is 2.36. The lowest BCUT2D eigenvalue weighted by molar-refractivity contribution is 0.0520. The van der Waals surface area contributed by atoms with Crippen LogP contribution in [-0.4, -0.2) is 24.1 Å². The van der Waals surface area contributed by atoms with Crippen molar-refractivity contribution >= 4 is 44.1 Å². The third-order valence-electron chi connectivity index (χ3n) is 3.37. The lowest BCUT2D eigenvalue weighted by Crippen LogP contribution is -2.24. The molecule has 2 heterocycles. The first-order valence-corrected chi connectivity index (χ1v) is 8.55. The van der Waals surface area contributed by atoms with Gasteiger partial charge >= 0.3 is 5.97 Å². The number of hydrogen-bond donors (Lipinski definition) is 0. The monoisotopic (exact) mass is 366 g/mol. The van der Waals surface area contributed by atoms with Crippen LogP contribution >= 0.6 is 27.3 Å². The van der Waals surface area contributed by atoms with Gasteiger partial charge in [0, 0.05) is 22.1 Å². The van der Waals surface area contributed by atoms with E-state index < -0.39 is 0 Å². The van der Waals surface area contributed by atoms with Gasteiger partial charge in [-0.3, -0.25) is 0 Å². The summed E-state index contributed by atoms with van der Waals surface area (Å²) in [6.45, 7) is 3.08. The molecule has 0 radical (unpaired) electrons. The van der Waals surface area contributed by atoms with E-state index in [0.29, 0.717) is 12.3 Å². The molecule has 110 valence electrons. The zero-order chi connectivity index (χ0) is 14.8. The highest BCUT2D eigenvalue weighted by atomic mass is 79.9. The fourth-order valence-electron chi connectivity index (χ4n) is 2.45. The second-order valence-corrected chi connectivity index (χ2v) is 6.52. The summed E-state index contributed by atoms with van der Waals surface area (Å²) in [4.78, 5) is 18.3. The van der Waals surface area contributed by atoms with Gasteiger partial charge < -0.3 is 9.64 Å². The molecule has 2 aromatic rings. The molecule has 0 N–H and O–H groups in total. The Labute approximate surface area is 135 Å². The standard InChI is InChI=1S/C15H15BrN2O2S/c1-2-20-14(19)12-9-21-15(17-12)18-7-3-4-10-8-11(16)5-6-13(10)18/h5-6,8-9H,2-4,7H2,1H3. The Bertz CT molecular complexity index is 671. The van der Waals surface area contributed by atoms with E-state index in [1.807, 2.05) is 6.07 Å². The summed E-state index contributed by atoms with van der Waals surface area (Å²) in [7, 11) is 0. The van der Waals surface area contributed by atoms with Crippen LogP contribution in [-0.2, 0) is 11.2 Å².